The molecule has 1 unspecified atom stereocenters. The molecule has 2 amide bonds. The third-order valence-electron chi connectivity index (χ3n) is 7.58. The van der Waals surface area contributed by atoms with Crippen molar-refractivity contribution in [3.8, 4) is 0 Å². The van der Waals surface area contributed by atoms with E-state index in [1.807, 2.05) is 87.5 Å². The lowest BCUT2D eigenvalue weighted by atomic mass is 10.0. The normalized spacial score (nSPS) is 11.9. The second-order valence-electron chi connectivity index (χ2n) is 11.2. The van der Waals surface area contributed by atoms with Crippen molar-refractivity contribution in [1.82, 2.24) is 10.2 Å². The molecule has 4 rings (SSSR count). The maximum atomic E-state index is 14.5. The van der Waals surface area contributed by atoms with Crippen LogP contribution in [0.5, 0.6) is 0 Å². The fourth-order valence-corrected chi connectivity index (χ4v) is 6.60. The smallest absolute Gasteiger partial charge is 0.264 e. The lowest BCUT2D eigenvalue weighted by Gasteiger charge is -2.34. The van der Waals surface area contributed by atoms with E-state index in [2.05, 4.69) is 21.2 Å². The molecule has 0 radical (unpaired) electrons. The molecular weight excluding hydrogens is 650 g/mol. The minimum absolute atomic E-state index is 0.0825. The van der Waals surface area contributed by atoms with Crippen LogP contribution in [0.3, 0.4) is 0 Å². The second-order valence-corrected chi connectivity index (χ2v) is 13.9. The van der Waals surface area contributed by atoms with E-state index in [0.717, 1.165) is 43.9 Å². The van der Waals surface area contributed by atoms with E-state index in [0.29, 0.717) is 12.2 Å². The van der Waals surface area contributed by atoms with Gasteiger partial charge in [0.15, 0.2) is 0 Å². The van der Waals surface area contributed by atoms with Crippen molar-refractivity contribution in [3.05, 3.63) is 130 Å². The van der Waals surface area contributed by atoms with Gasteiger partial charge in [-0.05, 0) is 67.8 Å². The first-order chi connectivity index (χ1) is 21.6. The SMILES string of the molecule is CCCCNC(=O)C(Cc1ccccc1)N(Cc1ccc(Br)cc1)C(=O)CN(c1ccc(C)cc1)S(=O)(=O)c1ccc(C)cc1. The van der Waals surface area contributed by atoms with Crippen LogP contribution in [0.4, 0.5) is 5.69 Å². The summed E-state index contributed by atoms with van der Waals surface area (Å²) in [5.74, 6) is -0.762. The number of nitrogens with one attached hydrogen (secondary N) is 1. The van der Waals surface area contributed by atoms with Crippen LogP contribution in [0.25, 0.3) is 0 Å². The zero-order valence-corrected chi connectivity index (χ0v) is 28.4. The fraction of sp³-hybridized carbons (Fsp3) is 0.278. The maximum absolute atomic E-state index is 14.5. The van der Waals surface area contributed by atoms with Crippen LogP contribution >= 0.6 is 15.9 Å². The number of hydrogen-bond donors (Lipinski definition) is 1. The Bertz CT molecular complexity index is 1660. The first-order valence-corrected chi connectivity index (χ1v) is 17.3. The summed E-state index contributed by atoms with van der Waals surface area (Å²) in [7, 11) is -4.13. The highest BCUT2D eigenvalue weighted by atomic mass is 79.9. The number of aryl methyl sites for hydroxylation is 2. The number of nitrogens with zero attached hydrogens (tertiary/aromatic N) is 2. The van der Waals surface area contributed by atoms with E-state index in [4.69, 9.17) is 0 Å². The van der Waals surface area contributed by atoms with Gasteiger partial charge in [0.1, 0.15) is 12.6 Å². The lowest BCUT2D eigenvalue weighted by molar-refractivity contribution is -0.140. The first-order valence-electron chi connectivity index (χ1n) is 15.1. The molecule has 0 aliphatic heterocycles. The summed E-state index contributed by atoms with van der Waals surface area (Å²) in [5.41, 5.74) is 3.95. The minimum atomic E-state index is -4.13. The molecular formula is C36H40BrN3O4S. The summed E-state index contributed by atoms with van der Waals surface area (Å²) in [5, 5.41) is 3.01. The van der Waals surface area contributed by atoms with E-state index in [1.54, 1.807) is 36.4 Å². The molecule has 0 bridgehead atoms. The standard InChI is InChI=1S/C36H40BrN3O4S/c1-4-5-23-38-36(42)34(24-29-9-7-6-8-10-29)39(25-30-15-17-31(37)18-16-30)35(41)26-40(32-19-11-27(2)12-20-32)45(43,44)33-21-13-28(3)14-22-33/h6-22,34H,4-5,23-26H2,1-3H3,(H,38,42). The largest absolute Gasteiger partial charge is 0.354 e. The highest BCUT2D eigenvalue weighted by Crippen LogP contribution is 2.26. The van der Waals surface area contributed by atoms with E-state index < -0.39 is 28.5 Å². The van der Waals surface area contributed by atoms with Crippen molar-refractivity contribution >= 4 is 43.5 Å². The Morgan fingerprint density at radius 3 is 2.00 bits per heavy atom. The van der Waals surface area contributed by atoms with Crippen LogP contribution in [0.15, 0.2) is 112 Å². The van der Waals surface area contributed by atoms with Crippen molar-refractivity contribution in [2.24, 2.45) is 0 Å². The Morgan fingerprint density at radius 2 is 1.40 bits per heavy atom. The van der Waals surface area contributed by atoms with Crippen LogP contribution in [-0.2, 0) is 32.6 Å². The number of unbranched alkanes of at least 4 members (excludes halogenated alkanes) is 1. The van der Waals surface area contributed by atoms with Gasteiger partial charge >= 0.3 is 0 Å². The van der Waals surface area contributed by atoms with Crippen molar-refractivity contribution in [1.29, 1.82) is 0 Å². The molecule has 7 nitrogen and oxygen atoms in total. The summed E-state index contributed by atoms with van der Waals surface area (Å²) in [6.07, 6.45) is 1.99. The number of anilines is 1. The van der Waals surface area contributed by atoms with Crippen LogP contribution in [0.1, 0.15) is 42.0 Å². The molecule has 0 aromatic heterocycles. The van der Waals surface area contributed by atoms with Crippen molar-refractivity contribution in [3.63, 3.8) is 0 Å². The van der Waals surface area contributed by atoms with Crippen LogP contribution in [0, 0.1) is 13.8 Å². The van der Waals surface area contributed by atoms with Crippen molar-refractivity contribution < 1.29 is 18.0 Å². The van der Waals surface area contributed by atoms with E-state index in [1.165, 1.54) is 4.90 Å². The molecule has 9 heteroatoms. The van der Waals surface area contributed by atoms with Gasteiger partial charge in [-0.3, -0.25) is 13.9 Å². The Balaban J connectivity index is 1.78. The summed E-state index contributed by atoms with van der Waals surface area (Å²) >= 11 is 3.47. The van der Waals surface area contributed by atoms with Gasteiger partial charge in [0, 0.05) is 24.0 Å². The molecule has 1 N–H and O–H groups in total. The van der Waals surface area contributed by atoms with Gasteiger partial charge in [-0.2, -0.15) is 0 Å². The van der Waals surface area contributed by atoms with Gasteiger partial charge in [-0.15, -0.1) is 0 Å². The maximum Gasteiger partial charge on any atom is 0.264 e. The number of carbonyl (C=O) groups excluding carboxylic acids is 2. The van der Waals surface area contributed by atoms with E-state index in [-0.39, 0.29) is 23.8 Å². The molecule has 45 heavy (non-hydrogen) atoms. The number of halogens is 1. The lowest BCUT2D eigenvalue weighted by Crippen LogP contribution is -2.53. The van der Waals surface area contributed by atoms with Crippen molar-refractivity contribution in [2.75, 3.05) is 17.4 Å². The molecule has 0 heterocycles. The number of benzene rings is 4. The molecule has 1 atom stereocenters. The topological polar surface area (TPSA) is 86.8 Å². The van der Waals surface area contributed by atoms with Gasteiger partial charge in [0.05, 0.1) is 10.6 Å². The zero-order valence-electron chi connectivity index (χ0n) is 25.9. The monoisotopic (exact) mass is 689 g/mol. The minimum Gasteiger partial charge on any atom is -0.354 e. The van der Waals surface area contributed by atoms with Gasteiger partial charge in [-0.1, -0.05) is 107 Å². The number of sulfonamides is 1. The Kier molecular flexibility index (Phi) is 12.0. The number of hydrogen-bond acceptors (Lipinski definition) is 4. The molecule has 0 saturated heterocycles. The van der Waals surface area contributed by atoms with Gasteiger partial charge < -0.3 is 10.2 Å². The van der Waals surface area contributed by atoms with E-state index >= 15 is 0 Å². The zero-order chi connectivity index (χ0) is 32.4. The fourth-order valence-electron chi connectivity index (χ4n) is 4.92. The number of rotatable bonds is 14. The number of amides is 2. The molecule has 236 valence electrons. The molecule has 0 fully saturated rings. The van der Waals surface area contributed by atoms with Gasteiger partial charge in [0.25, 0.3) is 10.0 Å². The Hall–Kier alpha value is -3.95. The Morgan fingerprint density at radius 1 is 0.800 bits per heavy atom. The quantitative estimate of drug-likeness (QED) is 0.147. The van der Waals surface area contributed by atoms with E-state index in [9.17, 15) is 18.0 Å². The Labute approximate surface area is 275 Å². The summed E-state index contributed by atoms with van der Waals surface area (Å²) < 4.78 is 30.3. The first kappa shape index (κ1) is 33.9. The third-order valence-corrected chi connectivity index (χ3v) is 9.89. The molecule has 0 saturated carbocycles. The van der Waals surface area contributed by atoms with Crippen LogP contribution < -0.4 is 9.62 Å². The average Bonchev–Trinajstić information content (AvgIpc) is 3.03. The van der Waals surface area contributed by atoms with Gasteiger partial charge in [-0.25, -0.2) is 8.42 Å². The molecule has 0 aliphatic carbocycles. The predicted molar refractivity (Wildman–Crippen MR) is 183 cm³/mol. The molecule has 0 aliphatic rings. The molecule has 4 aromatic carbocycles. The van der Waals surface area contributed by atoms with Gasteiger partial charge in [0.2, 0.25) is 11.8 Å². The highest BCUT2D eigenvalue weighted by molar-refractivity contribution is 9.10. The number of carbonyl (C=O) groups is 2. The van der Waals surface area contributed by atoms with Crippen LogP contribution in [0.2, 0.25) is 0 Å². The summed E-state index contributed by atoms with van der Waals surface area (Å²) in [6, 6.07) is 29.8. The summed E-state index contributed by atoms with van der Waals surface area (Å²) in [4.78, 5) is 29.9. The third kappa shape index (κ3) is 9.28. The van der Waals surface area contributed by atoms with Crippen molar-refractivity contribution in [2.45, 2.75) is 57.5 Å². The second kappa shape index (κ2) is 15.9. The predicted octanol–water partition coefficient (Wildman–Crippen LogP) is 6.82. The highest BCUT2D eigenvalue weighted by Gasteiger charge is 2.34. The molecule has 4 aromatic rings. The van der Waals surface area contributed by atoms with Crippen LogP contribution in [-0.4, -0.2) is 44.3 Å². The average molecular weight is 691 g/mol. The molecule has 0 spiro atoms. The summed E-state index contributed by atoms with van der Waals surface area (Å²) in [6.45, 7) is 5.97.